The molecule has 1 amide bonds. The summed E-state index contributed by atoms with van der Waals surface area (Å²) < 4.78 is 22.4. The predicted octanol–water partition coefficient (Wildman–Crippen LogP) is 3.45. The second kappa shape index (κ2) is 8.43. The highest BCUT2D eigenvalue weighted by Gasteiger charge is 2.59. The number of halogens is 1. The van der Waals surface area contributed by atoms with Crippen LogP contribution < -0.4 is 10.4 Å². The van der Waals surface area contributed by atoms with E-state index < -0.39 is 16.7 Å². The Morgan fingerprint density at radius 2 is 1.82 bits per heavy atom. The van der Waals surface area contributed by atoms with Gasteiger partial charge in [-0.05, 0) is 72.4 Å². The fourth-order valence-electron chi connectivity index (χ4n) is 7.33. The maximum absolute atomic E-state index is 15.2. The summed E-state index contributed by atoms with van der Waals surface area (Å²) in [6.45, 7) is 3.85. The van der Waals surface area contributed by atoms with Gasteiger partial charge in [-0.3, -0.25) is 19.3 Å². The largest absolute Gasteiger partial charge is 0.502 e. The molecule has 7 rings (SSSR count). The highest BCUT2D eigenvalue weighted by molar-refractivity contribution is 5.96. The van der Waals surface area contributed by atoms with Gasteiger partial charge in [0.15, 0.2) is 11.4 Å². The topological polar surface area (TPSA) is 75.0 Å². The zero-order valence-corrected chi connectivity index (χ0v) is 21.3. The molecule has 8 heteroatoms. The highest BCUT2D eigenvalue weighted by Crippen LogP contribution is 2.57. The van der Waals surface area contributed by atoms with Gasteiger partial charge >= 0.3 is 0 Å². The highest BCUT2D eigenvalue weighted by atomic mass is 19.1. The summed E-state index contributed by atoms with van der Waals surface area (Å²) >= 11 is 0. The van der Waals surface area contributed by atoms with Crippen molar-refractivity contribution >= 4 is 5.91 Å². The number of pyridine rings is 1. The van der Waals surface area contributed by atoms with Crippen LogP contribution >= 0.6 is 0 Å². The summed E-state index contributed by atoms with van der Waals surface area (Å²) in [4.78, 5) is 28.1. The molecule has 2 aliphatic carbocycles. The summed E-state index contributed by atoms with van der Waals surface area (Å²) in [5.74, 6) is -0.812. The lowest BCUT2D eigenvalue weighted by Gasteiger charge is -2.51. The number of ether oxygens (including phenoxy) is 1. The summed E-state index contributed by atoms with van der Waals surface area (Å²) in [7, 11) is 0. The van der Waals surface area contributed by atoms with E-state index in [-0.39, 0.29) is 35.9 Å². The van der Waals surface area contributed by atoms with Gasteiger partial charge in [0, 0.05) is 37.9 Å². The van der Waals surface area contributed by atoms with Crippen LogP contribution in [0.25, 0.3) is 0 Å². The number of aromatic hydroxyl groups is 1. The van der Waals surface area contributed by atoms with Gasteiger partial charge < -0.3 is 14.7 Å². The van der Waals surface area contributed by atoms with Crippen LogP contribution in [-0.4, -0.2) is 47.0 Å². The average Bonchev–Trinajstić information content (AvgIpc) is 3.39. The normalized spacial score (nSPS) is 24.3. The molecule has 1 aromatic heterocycles. The zero-order chi connectivity index (χ0) is 26.2. The molecule has 3 aromatic rings. The zero-order valence-electron chi connectivity index (χ0n) is 21.3. The van der Waals surface area contributed by atoms with Gasteiger partial charge in [-0.1, -0.05) is 30.3 Å². The monoisotopic (exact) mass is 515 g/mol. The number of nitrogens with zero attached hydrogens (tertiary/aromatic N) is 3. The molecule has 1 fully saturated rings. The molecule has 3 heterocycles. The van der Waals surface area contributed by atoms with E-state index >= 15 is 4.39 Å². The third-order valence-electron chi connectivity index (χ3n) is 9.08. The van der Waals surface area contributed by atoms with Crippen molar-refractivity contribution < 1.29 is 19.0 Å². The van der Waals surface area contributed by atoms with E-state index in [2.05, 4.69) is 17.1 Å². The first-order chi connectivity index (χ1) is 18.4. The van der Waals surface area contributed by atoms with Crippen molar-refractivity contribution in [2.24, 2.45) is 11.8 Å². The van der Waals surface area contributed by atoms with E-state index in [1.165, 1.54) is 11.6 Å². The van der Waals surface area contributed by atoms with Crippen LogP contribution in [0.3, 0.4) is 0 Å². The van der Waals surface area contributed by atoms with E-state index in [9.17, 15) is 14.7 Å². The lowest BCUT2D eigenvalue weighted by molar-refractivity contribution is 0.0385. The molecule has 0 bridgehead atoms. The molecule has 7 nitrogen and oxygen atoms in total. The first-order valence-corrected chi connectivity index (χ1v) is 13.4. The minimum Gasteiger partial charge on any atom is -0.502 e. The van der Waals surface area contributed by atoms with Crippen LogP contribution in [0.5, 0.6) is 5.75 Å². The SMILES string of the molecule is Cc1cc2c(cc1F)C1(N3CN(CC4CCOCC4)C(=O)c4c(O)c(=O)ccn43)c3ccccc3CC1C2. The summed E-state index contributed by atoms with van der Waals surface area (Å²) in [5, 5.41) is 13.0. The van der Waals surface area contributed by atoms with Crippen LogP contribution in [0.1, 0.15) is 51.1 Å². The number of aromatic nitrogens is 1. The quantitative estimate of drug-likeness (QED) is 0.579. The fraction of sp³-hybridized carbons (Fsp3) is 0.400. The van der Waals surface area contributed by atoms with Crippen molar-refractivity contribution in [3.05, 3.63) is 98.2 Å². The van der Waals surface area contributed by atoms with Crippen molar-refractivity contribution in [1.82, 2.24) is 9.58 Å². The number of amides is 1. The van der Waals surface area contributed by atoms with E-state index in [0.29, 0.717) is 25.3 Å². The van der Waals surface area contributed by atoms with Crippen molar-refractivity contribution in [3.63, 3.8) is 0 Å². The van der Waals surface area contributed by atoms with Crippen molar-refractivity contribution in [1.29, 1.82) is 0 Å². The molecule has 1 saturated heterocycles. The Kier molecular flexibility index (Phi) is 5.20. The Morgan fingerprint density at radius 1 is 1.05 bits per heavy atom. The number of aryl methyl sites for hydroxylation is 1. The number of hydrogen-bond donors (Lipinski definition) is 1. The van der Waals surface area contributed by atoms with Gasteiger partial charge in [0.2, 0.25) is 5.43 Å². The minimum atomic E-state index is -0.759. The summed E-state index contributed by atoms with van der Waals surface area (Å²) in [5.41, 5.74) is 3.50. The Bertz CT molecular complexity index is 1530. The van der Waals surface area contributed by atoms with E-state index in [1.54, 1.807) is 28.8 Å². The Morgan fingerprint density at radius 3 is 2.63 bits per heavy atom. The molecule has 0 saturated carbocycles. The molecule has 2 atom stereocenters. The first-order valence-electron chi connectivity index (χ1n) is 13.4. The molecule has 0 radical (unpaired) electrons. The van der Waals surface area contributed by atoms with Crippen molar-refractivity contribution in [2.75, 3.05) is 31.4 Å². The molecule has 38 heavy (non-hydrogen) atoms. The Balaban J connectivity index is 1.47. The van der Waals surface area contributed by atoms with Crippen LogP contribution in [0.4, 0.5) is 4.39 Å². The molecule has 4 aliphatic rings. The standard InChI is InChI=1S/C30H30FN3O4/c1-18-12-21-14-22-13-20-4-2-3-5-23(20)30(22,24(21)15-25(18)31)34-17-32(16-19-7-10-38-11-8-19)29(37)27-28(36)26(35)6-9-33(27)34/h2-6,9,12,15,19,22,36H,7-8,10-11,13-14,16-17H2,1H3. The maximum Gasteiger partial charge on any atom is 0.277 e. The van der Waals surface area contributed by atoms with Gasteiger partial charge in [-0.15, -0.1) is 0 Å². The van der Waals surface area contributed by atoms with Gasteiger partial charge in [0.25, 0.3) is 5.91 Å². The number of rotatable bonds is 3. The molecule has 2 unspecified atom stereocenters. The minimum absolute atomic E-state index is 0.0330. The van der Waals surface area contributed by atoms with Crippen LogP contribution in [-0.2, 0) is 23.1 Å². The molecular formula is C30H30FN3O4. The molecule has 1 N–H and O–H groups in total. The first kappa shape index (κ1) is 23.5. The second-order valence-electron chi connectivity index (χ2n) is 11.1. The lowest BCUT2D eigenvalue weighted by Crippen LogP contribution is -2.63. The molecule has 0 spiro atoms. The van der Waals surface area contributed by atoms with E-state index in [1.807, 2.05) is 18.2 Å². The van der Waals surface area contributed by atoms with Gasteiger partial charge in [-0.2, -0.15) is 0 Å². The van der Waals surface area contributed by atoms with Crippen LogP contribution in [0, 0.1) is 24.6 Å². The Hall–Kier alpha value is -3.65. The maximum atomic E-state index is 15.2. The average molecular weight is 516 g/mol. The number of hydrogen-bond acceptors (Lipinski definition) is 5. The molecule has 2 aliphatic heterocycles. The Labute approximate surface area is 220 Å². The smallest absolute Gasteiger partial charge is 0.277 e. The number of benzene rings is 2. The van der Waals surface area contributed by atoms with Crippen LogP contribution in [0.2, 0.25) is 0 Å². The van der Waals surface area contributed by atoms with Crippen molar-refractivity contribution in [3.8, 4) is 5.75 Å². The number of fused-ring (bicyclic) bond motifs is 6. The van der Waals surface area contributed by atoms with Gasteiger partial charge in [0.1, 0.15) is 18.0 Å². The lowest BCUT2D eigenvalue weighted by atomic mass is 9.81. The summed E-state index contributed by atoms with van der Waals surface area (Å²) in [6.07, 6.45) is 4.87. The fourth-order valence-corrected chi connectivity index (χ4v) is 7.33. The molecular weight excluding hydrogens is 485 g/mol. The third kappa shape index (κ3) is 3.16. The predicted molar refractivity (Wildman–Crippen MR) is 139 cm³/mol. The van der Waals surface area contributed by atoms with Gasteiger partial charge in [0.05, 0.1) is 0 Å². The number of carbonyl (C=O) groups excluding carboxylic acids is 1. The third-order valence-corrected chi connectivity index (χ3v) is 9.08. The number of carbonyl (C=O) groups is 1. The van der Waals surface area contributed by atoms with E-state index in [4.69, 9.17) is 4.74 Å². The second-order valence-corrected chi connectivity index (χ2v) is 11.1. The van der Waals surface area contributed by atoms with Crippen LogP contribution in [0.15, 0.2) is 53.5 Å². The summed E-state index contributed by atoms with van der Waals surface area (Å²) in [6, 6.07) is 13.2. The van der Waals surface area contributed by atoms with E-state index in [0.717, 1.165) is 42.4 Å². The molecule has 2 aromatic carbocycles. The van der Waals surface area contributed by atoms with Gasteiger partial charge in [-0.25, -0.2) is 4.39 Å². The van der Waals surface area contributed by atoms with Crippen molar-refractivity contribution in [2.45, 2.75) is 38.1 Å². The molecule has 196 valence electrons.